The van der Waals surface area contributed by atoms with Crippen LogP contribution < -0.4 is 4.90 Å². The maximum absolute atomic E-state index is 11.0. The highest BCUT2D eigenvalue weighted by molar-refractivity contribution is 7.85. The van der Waals surface area contributed by atoms with Gasteiger partial charge < -0.3 is 4.90 Å². The van der Waals surface area contributed by atoms with Gasteiger partial charge in [0, 0.05) is 29.8 Å². The summed E-state index contributed by atoms with van der Waals surface area (Å²) < 4.78 is 31.1. The zero-order chi connectivity index (χ0) is 28.2. The number of fused-ring (bicyclic) bond motifs is 1. The molecule has 11 heteroatoms. The van der Waals surface area contributed by atoms with Gasteiger partial charge in [-0.1, -0.05) is 51.1 Å². The van der Waals surface area contributed by atoms with Crippen LogP contribution in [0.1, 0.15) is 51.4 Å². The molecule has 0 amide bonds. The van der Waals surface area contributed by atoms with Crippen LogP contribution >= 0.6 is 0 Å². The summed E-state index contributed by atoms with van der Waals surface area (Å²) in [7, 11) is -3.98. The molecule has 1 aliphatic rings. The molecule has 0 unspecified atom stereocenters. The smallest absolute Gasteiger partial charge is 0.264 e. The lowest BCUT2D eigenvalue weighted by molar-refractivity contribution is 0.480. The molecule has 0 radical (unpaired) electrons. The maximum atomic E-state index is 11.0. The average molecular weight is 548 g/mol. The number of unbranched alkanes of at least 4 members (excludes halogenated alkanes) is 1. The van der Waals surface area contributed by atoms with Crippen LogP contribution in [0.2, 0.25) is 0 Å². The van der Waals surface area contributed by atoms with E-state index in [2.05, 4.69) is 36.8 Å². The molecule has 3 aromatic rings. The minimum Gasteiger partial charge on any atom is -0.370 e. The zero-order valence-corrected chi connectivity index (χ0v) is 23.5. The van der Waals surface area contributed by atoms with Gasteiger partial charge in [-0.2, -0.15) is 18.8 Å². The Bertz CT molecular complexity index is 1550. The van der Waals surface area contributed by atoms with E-state index in [9.17, 15) is 8.42 Å². The van der Waals surface area contributed by atoms with E-state index in [0.717, 1.165) is 28.2 Å². The number of aliphatic imine (C=N–C) groups is 1. The summed E-state index contributed by atoms with van der Waals surface area (Å²) >= 11 is 0. The van der Waals surface area contributed by atoms with Crippen LogP contribution in [0.5, 0.6) is 0 Å². The summed E-state index contributed by atoms with van der Waals surface area (Å²) in [6.07, 6.45) is 1.25. The van der Waals surface area contributed by atoms with E-state index < -0.39 is 10.1 Å². The number of nitriles is 1. The normalized spacial score (nSPS) is 14.3. The molecule has 0 saturated heterocycles. The minimum atomic E-state index is -3.98. The molecule has 39 heavy (non-hydrogen) atoms. The summed E-state index contributed by atoms with van der Waals surface area (Å²) in [4.78, 5) is 13.4. The van der Waals surface area contributed by atoms with Crippen LogP contribution in [0, 0.1) is 23.7 Å². The summed E-state index contributed by atoms with van der Waals surface area (Å²) in [5, 5.41) is 18.5. The second-order valence-electron chi connectivity index (χ2n) is 10.5. The Kier molecular flexibility index (Phi) is 8.28. The quantitative estimate of drug-likeness (QED) is 0.278. The van der Waals surface area contributed by atoms with Gasteiger partial charge in [0.15, 0.2) is 5.82 Å². The van der Waals surface area contributed by atoms with Gasteiger partial charge >= 0.3 is 0 Å². The molecular formula is C28H33N7O3S. The Morgan fingerprint density at radius 3 is 2.49 bits per heavy atom. The predicted molar refractivity (Wildman–Crippen MR) is 153 cm³/mol. The predicted octanol–water partition coefficient (Wildman–Crippen LogP) is 5.03. The second-order valence-corrected chi connectivity index (χ2v) is 12.1. The third-order valence-corrected chi connectivity index (χ3v) is 7.12. The first-order chi connectivity index (χ1) is 18.5. The van der Waals surface area contributed by atoms with Crippen molar-refractivity contribution >= 4 is 32.9 Å². The van der Waals surface area contributed by atoms with Crippen molar-refractivity contribution in [2.75, 3.05) is 23.7 Å². The van der Waals surface area contributed by atoms with Crippen LogP contribution in [0.3, 0.4) is 0 Å². The molecule has 0 saturated carbocycles. The van der Waals surface area contributed by atoms with Crippen molar-refractivity contribution in [2.45, 2.75) is 47.0 Å². The maximum Gasteiger partial charge on any atom is 0.264 e. The van der Waals surface area contributed by atoms with Gasteiger partial charge in [-0.25, -0.2) is 9.98 Å². The monoisotopic (exact) mass is 547 g/mol. The number of rotatable bonds is 10. The Labute approximate surface area is 229 Å². The summed E-state index contributed by atoms with van der Waals surface area (Å²) in [5.41, 5.74) is 4.74. The SMILES string of the molecule is Cc1cc(N(CCC#N)CCCCS(=O)(=O)O)ccc1/N=C1/C(C(C)(C)C)=Nn2nc(-c3ccccc3)nc21. The number of anilines is 1. The molecule has 1 aliphatic heterocycles. The van der Waals surface area contributed by atoms with Crippen molar-refractivity contribution in [3.63, 3.8) is 0 Å². The number of hydrogen-bond donors (Lipinski definition) is 1. The molecule has 1 aromatic heterocycles. The third kappa shape index (κ3) is 6.96. The first kappa shape index (κ1) is 28.1. The van der Waals surface area contributed by atoms with Crippen LogP contribution in [0.4, 0.5) is 11.4 Å². The molecule has 0 bridgehead atoms. The molecule has 0 spiro atoms. The third-order valence-electron chi connectivity index (χ3n) is 6.32. The highest BCUT2D eigenvalue weighted by Gasteiger charge is 2.35. The molecule has 4 rings (SSSR count). The van der Waals surface area contributed by atoms with Crippen LogP contribution in [-0.2, 0) is 10.1 Å². The summed E-state index contributed by atoms with van der Waals surface area (Å²) in [6, 6.07) is 17.8. The van der Waals surface area contributed by atoms with Crippen molar-refractivity contribution in [1.29, 1.82) is 5.26 Å². The zero-order valence-electron chi connectivity index (χ0n) is 22.7. The van der Waals surface area contributed by atoms with E-state index in [-0.39, 0.29) is 11.2 Å². The summed E-state index contributed by atoms with van der Waals surface area (Å²) in [6.45, 7) is 9.30. The Morgan fingerprint density at radius 1 is 1.10 bits per heavy atom. The molecule has 204 valence electrons. The molecular weight excluding hydrogens is 514 g/mol. The van der Waals surface area contributed by atoms with Gasteiger partial charge in [-0.3, -0.25) is 4.55 Å². The molecule has 2 heterocycles. The number of hydrogen-bond acceptors (Lipinski definition) is 8. The Balaban J connectivity index is 1.64. The van der Waals surface area contributed by atoms with Crippen molar-refractivity contribution in [3.8, 4) is 17.5 Å². The molecule has 0 atom stereocenters. The van der Waals surface area contributed by atoms with Crippen LogP contribution in [-0.4, -0.2) is 58.1 Å². The van der Waals surface area contributed by atoms with Crippen molar-refractivity contribution in [2.24, 2.45) is 15.5 Å². The lowest BCUT2D eigenvalue weighted by atomic mass is 9.87. The van der Waals surface area contributed by atoms with Crippen LogP contribution in [0.15, 0.2) is 58.6 Å². The fourth-order valence-corrected chi connectivity index (χ4v) is 4.88. The number of benzene rings is 2. The molecule has 1 N–H and O–H groups in total. The van der Waals surface area contributed by atoms with Gasteiger partial charge in [0.25, 0.3) is 10.1 Å². The number of nitrogens with zero attached hydrogens (tertiary/aromatic N) is 7. The highest BCUT2D eigenvalue weighted by atomic mass is 32.2. The van der Waals surface area contributed by atoms with E-state index in [1.165, 1.54) is 0 Å². The first-order valence-corrected chi connectivity index (χ1v) is 14.5. The molecule has 0 aliphatic carbocycles. The molecule has 2 aromatic carbocycles. The fraction of sp³-hybridized carbons (Fsp3) is 0.393. The van der Waals surface area contributed by atoms with Gasteiger partial charge in [-0.05, 0) is 43.5 Å². The van der Waals surface area contributed by atoms with E-state index in [4.69, 9.17) is 24.9 Å². The van der Waals surface area contributed by atoms with Gasteiger partial charge in [0.05, 0.1) is 29.6 Å². The first-order valence-electron chi connectivity index (χ1n) is 12.9. The lowest BCUT2D eigenvalue weighted by Gasteiger charge is -2.24. The second kappa shape index (κ2) is 11.5. The highest BCUT2D eigenvalue weighted by Crippen LogP contribution is 2.31. The van der Waals surface area contributed by atoms with Gasteiger partial charge in [0.2, 0.25) is 5.82 Å². The fourth-order valence-electron chi connectivity index (χ4n) is 4.31. The molecule has 10 nitrogen and oxygen atoms in total. The minimum absolute atomic E-state index is 0.275. The number of aryl methyl sites for hydroxylation is 1. The van der Waals surface area contributed by atoms with Crippen molar-refractivity contribution in [3.05, 3.63) is 59.9 Å². The van der Waals surface area contributed by atoms with E-state index in [1.54, 1.807) is 4.79 Å². The standard InChI is InChI=1S/C28H33N7O3S/c1-20-19-22(34(17-10-15-29)16-8-9-18-39(36,37)38)13-14-23(20)30-24-25(28(2,3)4)32-35-27(24)31-26(33-35)21-11-6-5-7-12-21/h5-7,11-14,19H,8-10,16-18H2,1-4H3,(H,36,37,38)/b30-24-. The topological polar surface area (TPSA) is 137 Å². The van der Waals surface area contributed by atoms with E-state index >= 15 is 0 Å². The van der Waals surface area contributed by atoms with Gasteiger partial charge in [0.1, 0.15) is 5.71 Å². The van der Waals surface area contributed by atoms with Crippen molar-refractivity contribution < 1.29 is 13.0 Å². The summed E-state index contributed by atoms with van der Waals surface area (Å²) in [5.74, 6) is 0.906. The Hall–Kier alpha value is -3.88. The van der Waals surface area contributed by atoms with Crippen molar-refractivity contribution in [1.82, 2.24) is 14.9 Å². The Morgan fingerprint density at radius 2 is 1.85 bits per heavy atom. The largest absolute Gasteiger partial charge is 0.370 e. The lowest BCUT2D eigenvalue weighted by Crippen LogP contribution is -2.27. The number of aromatic nitrogens is 3. The average Bonchev–Trinajstić information content (AvgIpc) is 3.44. The van der Waals surface area contributed by atoms with Crippen LogP contribution in [0.25, 0.3) is 11.4 Å². The van der Waals surface area contributed by atoms with E-state index in [0.29, 0.717) is 49.7 Å². The van der Waals surface area contributed by atoms with E-state index in [1.807, 2.05) is 55.5 Å². The molecule has 0 fully saturated rings. The van der Waals surface area contributed by atoms with Gasteiger partial charge in [-0.15, -0.1) is 9.89 Å².